The molecule has 6 nitrogen and oxygen atoms in total. The zero-order chi connectivity index (χ0) is 15.9. The number of rotatable bonds is 6. The zero-order valence-corrected chi connectivity index (χ0v) is 12.8. The van der Waals surface area contributed by atoms with Crippen molar-refractivity contribution >= 4 is 11.8 Å². The van der Waals surface area contributed by atoms with Crippen LogP contribution in [0, 0.1) is 0 Å². The van der Waals surface area contributed by atoms with Gasteiger partial charge in [-0.15, -0.1) is 0 Å². The van der Waals surface area contributed by atoms with Gasteiger partial charge >= 0.3 is 0 Å². The Kier molecular flexibility index (Phi) is 5.91. The molecule has 2 rings (SSSR count). The van der Waals surface area contributed by atoms with Crippen LogP contribution in [0.5, 0.6) is 0 Å². The normalized spacial score (nSPS) is 17.8. The molecule has 3 N–H and O–H groups in total. The van der Waals surface area contributed by atoms with Crippen LogP contribution in [0.25, 0.3) is 0 Å². The molecule has 2 atom stereocenters. The number of hydrogen-bond acceptors (Lipinski definition) is 4. The molecule has 1 fully saturated rings. The summed E-state index contributed by atoms with van der Waals surface area (Å²) in [6.07, 6.45) is 0.522. The van der Waals surface area contributed by atoms with Gasteiger partial charge in [-0.3, -0.25) is 14.9 Å². The highest BCUT2D eigenvalue weighted by Gasteiger charge is 2.28. The van der Waals surface area contributed by atoms with E-state index in [-0.39, 0.29) is 5.91 Å². The van der Waals surface area contributed by atoms with Crippen LogP contribution < -0.4 is 11.1 Å². The smallest absolute Gasteiger partial charge is 0.240 e. The number of carbonyl (C=O) groups is 2. The van der Waals surface area contributed by atoms with Gasteiger partial charge in [0.15, 0.2) is 0 Å². The summed E-state index contributed by atoms with van der Waals surface area (Å²) in [5.74, 6) is -0.479. The molecule has 1 aromatic carbocycles. The van der Waals surface area contributed by atoms with Crippen molar-refractivity contribution in [2.45, 2.75) is 25.4 Å². The molecule has 1 aliphatic heterocycles. The van der Waals surface area contributed by atoms with E-state index < -0.39 is 18.0 Å². The first kappa shape index (κ1) is 16.5. The second-order valence-electron chi connectivity index (χ2n) is 5.47. The van der Waals surface area contributed by atoms with Gasteiger partial charge in [-0.05, 0) is 18.9 Å². The highest BCUT2D eigenvalue weighted by molar-refractivity contribution is 5.84. The summed E-state index contributed by atoms with van der Waals surface area (Å²) >= 11 is 0. The molecule has 0 radical (unpaired) electrons. The van der Waals surface area contributed by atoms with Gasteiger partial charge in [-0.25, -0.2) is 0 Å². The number of primary amides is 1. The Hall–Kier alpha value is -1.92. The van der Waals surface area contributed by atoms with Crippen LogP contribution in [-0.4, -0.2) is 55.1 Å². The first-order chi connectivity index (χ1) is 10.6. The Morgan fingerprint density at radius 3 is 2.50 bits per heavy atom. The van der Waals surface area contributed by atoms with E-state index in [1.165, 1.54) is 0 Å². The number of ether oxygens (including phenoxy) is 1. The van der Waals surface area contributed by atoms with Crippen LogP contribution in [0.3, 0.4) is 0 Å². The summed E-state index contributed by atoms with van der Waals surface area (Å²) < 4.78 is 5.28. The number of hydrogen-bond donors (Lipinski definition) is 2. The molecule has 0 unspecified atom stereocenters. The monoisotopic (exact) mass is 305 g/mol. The van der Waals surface area contributed by atoms with Gasteiger partial charge in [0, 0.05) is 13.1 Å². The van der Waals surface area contributed by atoms with Gasteiger partial charge in [0.2, 0.25) is 11.8 Å². The quantitative estimate of drug-likeness (QED) is 0.770. The Morgan fingerprint density at radius 2 is 1.91 bits per heavy atom. The summed E-state index contributed by atoms with van der Waals surface area (Å²) in [6, 6.07) is 8.71. The Balaban J connectivity index is 2.09. The maximum atomic E-state index is 12.7. The van der Waals surface area contributed by atoms with Gasteiger partial charge in [0.1, 0.15) is 0 Å². The number of nitrogens with zero attached hydrogens (tertiary/aromatic N) is 1. The lowest BCUT2D eigenvalue weighted by Crippen LogP contribution is -2.55. The van der Waals surface area contributed by atoms with Crippen molar-refractivity contribution in [3.63, 3.8) is 0 Å². The Bertz CT molecular complexity index is 501. The van der Waals surface area contributed by atoms with Crippen molar-refractivity contribution in [1.29, 1.82) is 0 Å². The lowest BCUT2D eigenvalue weighted by molar-refractivity contribution is -0.138. The minimum atomic E-state index is -0.557. The van der Waals surface area contributed by atoms with Crippen molar-refractivity contribution in [2.24, 2.45) is 5.73 Å². The van der Waals surface area contributed by atoms with Crippen LogP contribution in [0.2, 0.25) is 0 Å². The van der Waals surface area contributed by atoms with Crippen molar-refractivity contribution in [3.05, 3.63) is 35.9 Å². The summed E-state index contributed by atoms with van der Waals surface area (Å²) in [5, 5.41) is 3.06. The lowest BCUT2D eigenvalue weighted by Gasteiger charge is -2.31. The summed E-state index contributed by atoms with van der Waals surface area (Å²) in [7, 11) is 0. The molecular formula is C16H23N3O3. The summed E-state index contributed by atoms with van der Waals surface area (Å²) in [5.41, 5.74) is 6.35. The molecule has 6 heteroatoms. The molecule has 0 saturated carbocycles. The number of nitrogens with one attached hydrogen (secondary N) is 1. The first-order valence-corrected chi connectivity index (χ1v) is 7.53. The highest BCUT2D eigenvalue weighted by atomic mass is 16.5. The number of amides is 2. The molecular weight excluding hydrogens is 282 g/mol. The second kappa shape index (κ2) is 7.91. The minimum absolute atomic E-state index is 0.0137. The molecule has 120 valence electrons. The maximum Gasteiger partial charge on any atom is 0.240 e. The Labute approximate surface area is 130 Å². The third kappa shape index (κ3) is 4.54. The van der Waals surface area contributed by atoms with Gasteiger partial charge in [-0.2, -0.15) is 0 Å². The first-order valence-electron chi connectivity index (χ1n) is 7.53. The van der Waals surface area contributed by atoms with Crippen LogP contribution in [0.4, 0.5) is 0 Å². The largest absolute Gasteiger partial charge is 0.378 e. The van der Waals surface area contributed by atoms with Gasteiger partial charge < -0.3 is 15.4 Å². The number of morpholine rings is 1. The van der Waals surface area contributed by atoms with Crippen molar-refractivity contribution in [3.8, 4) is 0 Å². The van der Waals surface area contributed by atoms with E-state index in [1.54, 1.807) is 11.8 Å². The standard InChI is InChI=1S/C16H23N3O3/c1-12(15(17)20)18-14(11-13-5-3-2-4-6-13)16(21)19-7-9-22-10-8-19/h2-6,12,14,18H,7-11H2,1H3,(H2,17,20)/t12-,14+/m0/s1. The number of nitrogens with two attached hydrogens (primary N) is 1. The molecule has 2 amide bonds. The average molecular weight is 305 g/mol. The molecule has 1 aliphatic rings. The lowest BCUT2D eigenvalue weighted by atomic mass is 10.0. The van der Waals surface area contributed by atoms with Crippen LogP contribution >= 0.6 is 0 Å². The van der Waals surface area contributed by atoms with E-state index in [1.807, 2.05) is 30.3 Å². The van der Waals surface area contributed by atoms with Gasteiger partial charge in [0.25, 0.3) is 0 Å². The predicted molar refractivity (Wildman–Crippen MR) is 83.1 cm³/mol. The van der Waals surface area contributed by atoms with Crippen LogP contribution in [0.15, 0.2) is 30.3 Å². The minimum Gasteiger partial charge on any atom is -0.378 e. The van der Waals surface area contributed by atoms with E-state index in [4.69, 9.17) is 10.5 Å². The van der Waals surface area contributed by atoms with Crippen LogP contribution in [-0.2, 0) is 20.7 Å². The van der Waals surface area contributed by atoms with Gasteiger partial charge in [0.05, 0.1) is 25.3 Å². The van der Waals surface area contributed by atoms with E-state index in [0.717, 1.165) is 5.56 Å². The molecule has 0 bridgehead atoms. The fraction of sp³-hybridized carbons (Fsp3) is 0.500. The molecule has 22 heavy (non-hydrogen) atoms. The van der Waals surface area contributed by atoms with E-state index in [0.29, 0.717) is 32.7 Å². The molecule has 0 spiro atoms. The third-order valence-corrected chi connectivity index (χ3v) is 3.78. The third-order valence-electron chi connectivity index (χ3n) is 3.78. The number of carbonyl (C=O) groups excluding carboxylic acids is 2. The van der Waals surface area contributed by atoms with Gasteiger partial charge in [-0.1, -0.05) is 30.3 Å². The van der Waals surface area contributed by atoms with E-state index in [2.05, 4.69) is 5.32 Å². The number of benzene rings is 1. The molecule has 1 aromatic rings. The summed E-state index contributed by atoms with van der Waals surface area (Å²) in [6.45, 7) is 3.94. The topological polar surface area (TPSA) is 84.7 Å². The second-order valence-corrected chi connectivity index (χ2v) is 5.47. The van der Waals surface area contributed by atoms with Crippen LogP contribution in [0.1, 0.15) is 12.5 Å². The van der Waals surface area contributed by atoms with Crippen molar-refractivity contribution in [2.75, 3.05) is 26.3 Å². The fourth-order valence-electron chi connectivity index (χ4n) is 2.46. The SMILES string of the molecule is C[C@H](N[C@H](Cc1ccccc1)C(=O)N1CCOCC1)C(N)=O. The predicted octanol–water partition coefficient (Wildman–Crippen LogP) is -0.0801. The van der Waals surface area contributed by atoms with Crippen molar-refractivity contribution < 1.29 is 14.3 Å². The fourth-order valence-corrected chi connectivity index (χ4v) is 2.46. The highest BCUT2D eigenvalue weighted by Crippen LogP contribution is 2.08. The van der Waals surface area contributed by atoms with E-state index in [9.17, 15) is 9.59 Å². The molecule has 0 aliphatic carbocycles. The average Bonchev–Trinajstić information content (AvgIpc) is 2.55. The molecule has 1 heterocycles. The van der Waals surface area contributed by atoms with Crippen molar-refractivity contribution in [1.82, 2.24) is 10.2 Å². The molecule has 0 aromatic heterocycles. The molecule has 1 saturated heterocycles. The Morgan fingerprint density at radius 1 is 1.27 bits per heavy atom. The summed E-state index contributed by atoms with van der Waals surface area (Å²) in [4.78, 5) is 25.8. The zero-order valence-electron chi connectivity index (χ0n) is 12.8. The van der Waals surface area contributed by atoms with E-state index >= 15 is 0 Å². The maximum absolute atomic E-state index is 12.7.